The van der Waals surface area contributed by atoms with E-state index in [-0.39, 0.29) is 95.6 Å². The second-order valence-corrected chi connectivity index (χ2v) is 28.4. The van der Waals surface area contributed by atoms with Crippen LogP contribution in [0.2, 0.25) is 4.34 Å². The Morgan fingerprint density at radius 2 is 1.55 bits per heavy atom. The number of thiophene rings is 2. The van der Waals surface area contributed by atoms with Crippen LogP contribution in [0, 0.1) is 66.6 Å². The number of ketones is 2. The number of ether oxygens (including phenoxy) is 7. The number of Topliss-reactive ketones (excluding diaryl/α,β-unsaturated/α-hetero) is 2. The van der Waals surface area contributed by atoms with E-state index in [1.807, 2.05) is 38.1 Å². The normalized spacial score (nSPS) is 18.3. The molecule has 524 valence electrons. The number of aromatic nitrogens is 3. The van der Waals surface area contributed by atoms with Crippen molar-refractivity contribution in [3.63, 3.8) is 0 Å². The molecule has 4 N–H and O–H groups in total. The van der Waals surface area contributed by atoms with Crippen molar-refractivity contribution in [2.45, 2.75) is 143 Å². The van der Waals surface area contributed by atoms with Gasteiger partial charge in [0.25, 0.3) is 0 Å². The molecular weight excluding hydrogens is 1350 g/mol. The van der Waals surface area contributed by atoms with Gasteiger partial charge in [-0.1, -0.05) is 78.9 Å². The maximum absolute atomic E-state index is 13.8. The molecule has 0 aliphatic heterocycles. The second kappa shape index (κ2) is 39.0. The lowest BCUT2D eigenvalue weighted by Crippen LogP contribution is -2.24. The molecule has 1 aromatic carbocycles. The monoisotopic (exact) mass is 1430 g/mol. The smallest absolute Gasteiger partial charge is 0.352 e. The molecule has 0 amide bonds. The number of nitrogens with zero attached hydrogens (tertiary/aromatic N) is 4. The molecule has 0 spiro atoms. The number of hydrogen-bond acceptors (Lipinski definition) is 22. The van der Waals surface area contributed by atoms with Crippen molar-refractivity contribution in [3.8, 4) is 28.5 Å². The molecule has 7 atom stereocenters. The van der Waals surface area contributed by atoms with E-state index in [1.165, 1.54) is 32.7 Å². The first kappa shape index (κ1) is 77.4. The van der Waals surface area contributed by atoms with E-state index >= 15 is 0 Å². The van der Waals surface area contributed by atoms with Crippen molar-refractivity contribution >= 4 is 86.7 Å². The molecule has 3 aliphatic rings. The summed E-state index contributed by atoms with van der Waals surface area (Å²) in [6.07, 6.45) is 15.9. The number of unbranched alkanes of at least 4 members (excludes halogenated alkanes) is 2. The van der Waals surface area contributed by atoms with E-state index in [9.17, 15) is 54.1 Å². The van der Waals surface area contributed by atoms with Crippen molar-refractivity contribution < 1.29 is 81.9 Å². The van der Waals surface area contributed by atoms with E-state index in [2.05, 4.69) is 32.7 Å². The Morgan fingerprint density at radius 1 is 0.804 bits per heavy atom. The number of halogens is 3. The number of esters is 2. The maximum atomic E-state index is 13.8. The van der Waals surface area contributed by atoms with Crippen LogP contribution in [0.4, 0.5) is 4.39 Å². The van der Waals surface area contributed by atoms with Crippen molar-refractivity contribution in [2.24, 2.45) is 35.5 Å². The third-order valence-electron chi connectivity index (χ3n) is 17.6. The Labute approximate surface area is 587 Å². The number of hydrogen-bond donors (Lipinski definition) is 4. The summed E-state index contributed by atoms with van der Waals surface area (Å²) in [5.74, 6) is -0.949. The van der Waals surface area contributed by atoms with Gasteiger partial charge in [-0.2, -0.15) is 9.65 Å². The molecule has 97 heavy (non-hydrogen) atoms. The Kier molecular flexibility index (Phi) is 31.2. The zero-order valence-electron chi connectivity index (χ0n) is 55.4. The number of rotatable bonds is 33. The lowest BCUT2D eigenvalue weighted by Gasteiger charge is -2.20. The van der Waals surface area contributed by atoms with Crippen LogP contribution in [0.15, 0.2) is 66.0 Å². The Bertz CT molecular complexity index is 3680. The molecule has 0 bridgehead atoms. The van der Waals surface area contributed by atoms with Gasteiger partial charge in [0.2, 0.25) is 11.8 Å². The fraction of sp³-hybridized carbons (Fsp3) is 0.507. The summed E-state index contributed by atoms with van der Waals surface area (Å²) in [5, 5.41) is 49.4. The summed E-state index contributed by atoms with van der Waals surface area (Å²) in [4.78, 5) is 72.8. The molecule has 0 radical (unpaired) electrons. The summed E-state index contributed by atoms with van der Waals surface area (Å²) >= 11 is 15.8. The van der Waals surface area contributed by atoms with Gasteiger partial charge < -0.3 is 53.6 Å². The molecule has 1 unspecified atom stereocenters. The highest BCUT2D eigenvalue weighted by molar-refractivity contribution is 7.18. The minimum Gasteiger partial charge on any atom is -0.495 e. The number of methoxy groups -OCH3 is 3. The van der Waals surface area contributed by atoms with Crippen molar-refractivity contribution in [2.75, 3.05) is 54.4 Å². The van der Waals surface area contributed by atoms with Crippen LogP contribution in [0.5, 0.6) is 22.4 Å². The summed E-state index contributed by atoms with van der Waals surface area (Å²) in [6.45, 7) is 7.65. The number of benzene rings is 1. The molecule has 5 heterocycles. The van der Waals surface area contributed by atoms with Gasteiger partial charge in [-0.05, 0) is 142 Å². The van der Waals surface area contributed by atoms with Crippen LogP contribution in [0.25, 0.3) is 0 Å². The van der Waals surface area contributed by atoms with Gasteiger partial charge in [0.1, 0.15) is 27.4 Å². The lowest BCUT2D eigenvalue weighted by atomic mass is 9.88. The largest absolute Gasteiger partial charge is 0.495 e. The molecule has 0 saturated heterocycles. The summed E-state index contributed by atoms with van der Waals surface area (Å²) in [6, 6.07) is 14.9. The number of carbonyl (C=O) groups excluding carboxylic acids is 4. The van der Waals surface area contributed by atoms with E-state index in [0.29, 0.717) is 108 Å². The van der Waals surface area contributed by atoms with Crippen molar-refractivity contribution in [1.82, 2.24) is 15.0 Å². The second-order valence-electron chi connectivity index (χ2n) is 24.1. The number of allylic oxidation sites excluding steroid dienone is 1. The van der Waals surface area contributed by atoms with Gasteiger partial charge >= 0.3 is 17.9 Å². The zero-order valence-corrected chi connectivity index (χ0v) is 59.4. The number of thiazole rings is 1. The van der Waals surface area contributed by atoms with Crippen molar-refractivity contribution in [3.05, 3.63) is 141 Å². The van der Waals surface area contributed by atoms with E-state index < -0.39 is 24.0 Å². The number of aromatic carboxylic acids is 1. The summed E-state index contributed by atoms with van der Waals surface area (Å²) < 4.78 is 52.3. The van der Waals surface area contributed by atoms with Gasteiger partial charge in [-0.15, -0.1) is 22.7 Å². The maximum Gasteiger partial charge on any atom is 0.352 e. The predicted octanol–water partition coefficient (Wildman–Crippen LogP) is 13.5. The third kappa shape index (κ3) is 22.5. The average molecular weight is 1440 g/mol. The molecule has 9 rings (SSSR count). The predicted molar refractivity (Wildman–Crippen MR) is 367 cm³/mol. The number of aliphatic hydroxyl groups is 3. The van der Waals surface area contributed by atoms with Gasteiger partial charge in [0.15, 0.2) is 14.8 Å². The van der Waals surface area contributed by atoms with Crippen LogP contribution < -0.4 is 18.9 Å². The molecule has 20 nitrogen and oxygen atoms in total. The Balaban J connectivity index is 0.000000206. The van der Waals surface area contributed by atoms with Gasteiger partial charge in [-0.3, -0.25) is 19.4 Å². The van der Waals surface area contributed by atoms with Gasteiger partial charge in [0.05, 0.1) is 102 Å². The third-order valence-corrected chi connectivity index (χ3v) is 21.5. The number of carboxylic acid groups (broad SMARTS) is 1. The number of nitriles is 1. The fourth-order valence-corrected chi connectivity index (χ4v) is 15.4. The van der Waals surface area contributed by atoms with E-state index in [0.717, 1.165) is 117 Å². The number of carboxylic acids is 1. The number of aryl methyl sites for hydroxylation is 4. The van der Waals surface area contributed by atoms with Gasteiger partial charge in [-0.25, -0.2) is 19.6 Å². The van der Waals surface area contributed by atoms with E-state index in [4.69, 9.17) is 51.6 Å². The van der Waals surface area contributed by atoms with Crippen LogP contribution in [0.3, 0.4) is 0 Å². The average Bonchev–Trinajstić information content (AvgIpc) is 1.83. The zero-order chi connectivity index (χ0) is 70.1. The highest BCUT2D eigenvalue weighted by Gasteiger charge is 2.37. The minimum absolute atomic E-state index is 0.00238. The molecular formula is C71H85Cl2FN4O16S3. The number of aliphatic hydroxyl groups excluding tert-OH is 3. The number of pyridine rings is 2. The SMILES string of the molecule is CCCCCC(O)c1cncc(OC[C@H]2C(=O)CC[C@@H]2CCCc2nc(F)c(C(=O)OC)s2)c1.COC(=O)CCc1cc(C[C@H]2CCC(=O)[C@@H]2COc2cc(C)c(CCO)c(C)n2)ccc1C#N.COc1cc(COC[C@H]2CC=C(Cl)[C@@H]2COc2cc(CO)c(Cl)s2)sc1C(=O)O. The van der Waals surface area contributed by atoms with Crippen LogP contribution >= 0.6 is 57.2 Å². The first-order chi connectivity index (χ1) is 46.7. The molecule has 2 saturated carbocycles. The van der Waals surface area contributed by atoms with Crippen LogP contribution in [-0.4, -0.2) is 119 Å². The van der Waals surface area contributed by atoms with Gasteiger partial charge in [0, 0.05) is 70.8 Å². The first-order valence-electron chi connectivity index (χ1n) is 32.4. The summed E-state index contributed by atoms with van der Waals surface area (Å²) in [7, 11) is 4.01. The van der Waals surface area contributed by atoms with Crippen molar-refractivity contribution in [1.29, 1.82) is 5.26 Å². The molecule has 3 aliphatic carbocycles. The lowest BCUT2D eigenvalue weighted by molar-refractivity contribution is -0.140. The fourth-order valence-electron chi connectivity index (χ4n) is 12.2. The minimum atomic E-state index is -1.01. The Hall–Kier alpha value is -6.92. The quantitative estimate of drug-likeness (QED) is 0.0220. The topological polar surface area (TPSA) is 293 Å². The van der Waals surface area contributed by atoms with Crippen LogP contribution in [-0.2, 0) is 67.5 Å². The highest BCUT2D eigenvalue weighted by atomic mass is 35.5. The standard InChI is InChI=1S/C27H32N2O5.C25H33FN2O5S.C19H20Cl2O6S2/c1-17-12-26(29-18(2)23(17)10-11-30)34-16-24-21(6-8-25(24)31)14-19-4-5-22(15-28)20(13-19)7-9-27(32)33-3;1-3-4-5-8-20(29)17-12-18(14-27-13-17)33-15-19-16(10-11-21(19)30)7-6-9-22-28-24(26)23(34-22)25(31)32-2;1-25-15-5-12(28-17(15)19(23)24)8-26-7-10-2-3-14(20)13(10)9-27-16-4-11(6-22)18(21)29-16/h4-5,12-13,21,24,30H,6-11,14,16H2,1-3H3;12-14,16,19-20,29H,3-11,15H2,1-2H3;3-5,10,13,22H,2,6-9H2,1H3,(H,23,24)/t21-,24-;16-,19+,20?;10-,13-/m101/s1. The number of carbonyl (C=O) groups is 5. The molecule has 26 heteroatoms. The molecule has 2 fully saturated rings. The highest BCUT2D eigenvalue weighted by Crippen LogP contribution is 2.40. The molecule has 5 aromatic heterocycles. The summed E-state index contributed by atoms with van der Waals surface area (Å²) in [5.41, 5.74) is 6.65. The van der Waals surface area contributed by atoms with E-state index in [1.54, 1.807) is 36.7 Å². The first-order valence-corrected chi connectivity index (χ1v) is 35.6. The Morgan fingerprint density at radius 3 is 2.22 bits per heavy atom. The van der Waals surface area contributed by atoms with Crippen LogP contribution in [0.1, 0.15) is 164 Å². The molecule has 6 aromatic rings.